The molecule has 6 aromatic rings. The molecule has 58 heavy (non-hydrogen) atoms. The molecule has 6 aromatic carbocycles. The first kappa shape index (κ1) is 50.4. The number of fused-ring (bicyclic) bond motifs is 2. The second-order valence-corrected chi connectivity index (χ2v) is 48.9. The van der Waals surface area contributed by atoms with Gasteiger partial charge in [0.15, 0.2) is 0 Å². The van der Waals surface area contributed by atoms with E-state index in [1.807, 2.05) is 0 Å². The van der Waals surface area contributed by atoms with Crippen molar-refractivity contribution in [2.75, 3.05) is 0 Å². The van der Waals surface area contributed by atoms with Crippen LogP contribution in [0.25, 0.3) is 43.8 Å². The molecule has 0 atom stereocenters. The van der Waals surface area contributed by atoms with Gasteiger partial charge in [-0.25, -0.2) is 0 Å². The van der Waals surface area contributed by atoms with Gasteiger partial charge in [-0.3, -0.25) is 0 Å². The second kappa shape index (κ2) is 16.7. The van der Waals surface area contributed by atoms with Crippen LogP contribution in [0.1, 0.15) is 41.5 Å². The van der Waals surface area contributed by atoms with Gasteiger partial charge in [0.05, 0.1) is 40.4 Å². The average Bonchev–Trinajstić information content (AvgIpc) is 3.66. The van der Waals surface area contributed by atoms with E-state index in [4.69, 9.17) is 0 Å². The van der Waals surface area contributed by atoms with Gasteiger partial charge in [0.2, 0.25) is 0 Å². The Labute approximate surface area is 380 Å². The minimum atomic E-state index is -2.50. The third kappa shape index (κ3) is 9.28. The van der Waals surface area contributed by atoms with Crippen LogP contribution in [-0.2, 0) is 25.8 Å². The maximum absolute atomic E-state index is 2.65. The second-order valence-electron chi connectivity index (χ2n) is 23.0. The molecular weight excluding hydrogens is 943 g/mol. The molecule has 0 N–H and O–H groups in total. The summed E-state index contributed by atoms with van der Waals surface area (Å²) in [6.45, 7) is 45.2. The van der Waals surface area contributed by atoms with E-state index in [0.717, 1.165) is 0 Å². The normalized spacial score (nSPS) is 13.3. The predicted octanol–water partition coefficient (Wildman–Crippen LogP) is 13.0. The molecule has 6 heteroatoms. The first-order valence-corrected chi connectivity index (χ1v) is 36.8. The maximum atomic E-state index is 2.65. The summed E-state index contributed by atoms with van der Waals surface area (Å²) in [7, 11) is -8.63. The van der Waals surface area contributed by atoms with Crippen LogP contribution in [-0.4, -0.2) is 40.4 Å². The summed E-state index contributed by atoms with van der Waals surface area (Å²) in [6, 6.07) is 40.0. The van der Waals surface area contributed by atoms with E-state index >= 15 is 0 Å². The Morgan fingerprint density at radius 1 is 0.397 bits per heavy atom. The molecule has 308 valence electrons. The van der Waals surface area contributed by atoms with Crippen LogP contribution in [0.4, 0.5) is 0 Å². The Morgan fingerprint density at radius 3 is 0.914 bits per heavy atom. The van der Waals surface area contributed by atoms with Crippen molar-refractivity contribution in [1.82, 2.24) is 0 Å². The van der Waals surface area contributed by atoms with Gasteiger partial charge in [0.25, 0.3) is 0 Å². The smallest absolute Gasteiger partial charge is 0.358 e. The zero-order chi connectivity index (χ0) is 40.9. The molecule has 0 bridgehead atoms. The first-order chi connectivity index (χ1) is 25.0. The van der Waals surface area contributed by atoms with Crippen molar-refractivity contribution in [3.05, 3.63) is 112 Å². The summed E-state index contributed by atoms with van der Waals surface area (Å²) in [5, 5.41) is 15.1. The number of hydrogen-bond donors (Lipinski definition) is 0. The van der Waals surface area contributed by atoms with Gasteiger partial charge in [-0.05, 0) is 21.2 Å². The predicted molar refractivity (Wildman–Crippen MR) is 279 cm³/mol. The summed E-state index contributed by atoms with van der Waals surface area (Å²) >= 11 is 0. The van der Waals surface area contributed by atoms with Gasteiger partial charge in [0, 0.05) is 0 Å². The summed E-state index contributed by atoms with van der Waals surface area (Å²) < 4.78 is 0. The van der Waals surface area contributed by atoms with E-state index in [2.05, 4.69) is 217 Å². The molecule has 0 aliphatic heterocycles. The third-order valence-corrected chi connectivity index (χ3v) is 27.5. The number of rotatable bonds is 8. The molecule has 0 nitrogen and oxygen atoms in total. The molecular formula is C52H76HfSi5. The molecule has 0 aliphatic rings. The van der Waals surface area contributed by atoms with E-state index < -0.39 is 40.4 Å². The summed E-state index contributed by atoms with van der Waals surface area (Å²) in [5.74, 6) is 0. The fourth-order valence-electron chi connectivity index (χ4n) is 9.73. The Bertz CT molecular complexity index is 2150. The van der Waals surface area contributed by atoms with Crippen LogP contribution >= 0.6 is 0 Å². The topological polar surface area (TPSA) is 0 Å². The summed E-state index contributed by atoms with van der Waals surface area (Å²) in [4.78, 5) is 0. The van der Waals surface area contributed by atoms with Gasteiger partial charge in [-0.2, -0.15) is 12.1 Å². The fourth-order valence-corrected chi connectivity index (χ4v) is 22.2. The Hall–Kier alpha value is -1.95. The van der Waals surface area contributed by atoms with Crippen molar-refractivity contribution >= 4 is 93.0 Å². The average molecular weight is 1020 g/mol. The van der Waals surface area contributed by atoms with Gasteiger partial charge in [-0.1, -0.05) is 201 Å². The Balaban J connectivity index is 0.00000300. The standard InChI is InChI=1S/C50H70Si5.2CH3.Hf/c1-49(2,3)55(50(4,5)6,43-25-35-21-19-23-45(47(35)33-43)37-27-39(51(7,8)9)31-40(28-37)52(10,11)12)44-26-36-22-20-24-46(48(36)34-44)38-29-41(53(13,14)15)32-42(30-38)54(16,17)18;;;/h19-34H,1-18H3;2*1H3;/q-2;2*-1;+4. The number of benzene rings is 4. The Kier molecular flexibility index (Phi) is 14.5. The minimum Gasteiger partial charge on any atom is -0.358 e. The molecule has 0 heterocycles. The molecule has 6 rings (SSSR count). The van der Waals surface area contributed by atoms with E-state index in [1.54, 1.807) is 31.1 Å². The Morgan fingerprint density at radius 2 is 0.672 bits per heavy atom. The molecule has 0 aromatic heterocycles. The largest absolute Gasteiger partial charge is 4.00 e. The van der Waals surface area contributed by atoms with Crippen LogP contribution in [0.3, 0.4) is 0 Å². The minimum absolute atomic E-state index is 0. The maximum Gasteiger partial charge on any atom is 4.00 e. The zero-order valence-corrected chi connectivity index (χ0v) is 48.8. The van der Waals surface area contributed by atoms with Crippen LogP contribution in [0.15, 0.2) is 97.1 Å². The van der Waals surface area contributed by atoms with Crippen LogP contribution in [0, 0.1) is 14.9 Å². The van der Waals surface area contributed by atoms with Crippen LogP contribution in [0.5, 0.6) is 0 Å². The molecule has 0 amide bonds. The summed E-state index contributed by atoms with van der Waals surface area (Å²) in [6.07, 6.45) is 0. The quantitative estimate of drug-likeness (QED) is 0.105. The van der Waals surface area contributed by atoms with Crippen LogP contribution < -0.4 is 31.1 Å². The number of hydrogen-bond acceptors (Lipinski definition) is 0. The molecule has 0 saturated carbocycles. The zero-order valence-electron chi connectivity index (χ0n) is 40.2. The van der Waals surface area contributed by atoms with E-state index in [9.17, 15) is 0 Å². The van der Waals surface area contributed by atoms with E-state index in [-0.39, 0.29) is 50.8 Å². The molecule has 0 fully saturated rings. The molecule has 0 aliphatic carbocycles. The van der Waals surface area contributed by atoms with Gasteiger partial charge in [-0.15, -0.1) is 68.3 Å². The third-order valence-electron chi connectivity index (χ3n) is 12.6. The molecule has 0 saturated heterocycles. The van der Waals surface area contributed by atoms with Crippen molar-refractivity contribution in [2.24, 2.45) is 0 Å². The fraction of sp³-hybridized carbons (Fsp3) is 0.385. The van der Waals surface area contributed by atoms with Crippen molar-refractivity contribution in [2.45, 2.75) is 130 Å². The summed E-state index contributed by atoms with van der Waals surface area (Å²) in [5.41, 5.74) is 5.59. The first-order valence-electron chi connectivity index (χ1n) is 20.8. The van der Waals surface area contributed by atoms with Crippen molar-refractivity contribution in [3.63, 3.8) is 0 Å². The molecule has 0 spiro atoms. The van der Waals surface area contributed by atoms with Crippen LogP contribution in [0.2, 0.25) is 88.6 Å². The monoisotopic (exact) mass is 1020 g/mol. The SMILES string of the molecule is CC(C)(C)[Si](c1cc2c(-c3cc([Si](C)(C)C)cc([Si](C)(C)C)c3)cccc2[cH-]1)(c1cc2c(-c3cc([Si](C)(C)C)cc([Si](C)(C)C)c3)cccc2[cH-]1)C(C)(C)C.[CH3-].[CH3-].[Hf+4]. The van der Waals surface area contributed by atoms with Gasteiger partial charge < -0.3 is 14.9 Å². The van der Waals surface area contributed by atoms with Crippen molar-refractivity contribution in [1.29, 1.82) is 0 Å². The van der Waals surface area contributed by atoms with E-state index in [1.165, 1.54) is 43.8 Å². The van der Waals surface area contributed by atoms with Crippen molar-refractivity contribution < 1.29 is 25.8 Å². The van der Waals surface area contributed by atoms with Gasteiger partial charge in [0.1, 0.15) is 0 Å². The van der Waals surface area contributed by atoms with Gasteiger partial charge >= 0.3 is 25.8 Å². The molecule has 0 radical (unpaired) electrons. The molecule has 0 unspecified atom stereocenters. The van der Waals surface area contributed by atoms with Crippen molar-refractivity contribution in [3.8, 4) is 22.3 Å². The van der Waals surface area contributed by atoms with E-state index in [0.29, 0.717) is 0 Å².